The molecule has 0 bridgehead atoms. The van der Waals surface area contributed by atoms with E-state index in [2.05, 4.69) is 5.32 Å². The summed E-state index contributed by atoms with van der Waals surface area (Å²) in [4.78, 5) is 28.4. The number of hydrogen-bond acceptors (Lipinski definition) is 4. The Bertz CT molecular complexity index is 646. The number of urea groups is 1. The zero-order valence-electron chi connectivity index (χ0n) is 16.2. The van der Waals surface area contributed by atoms with E-state index in [-0.39, 0.29) is 17.9 Å². The lowest BCUT2D eigenvalue weighted by Gasteiger charge is -2.31. The summed E-state index contributed by atoms with van der Waals surface area (Å²) in [5.41, 5.74) is 0.888. The largest absolute Gasteiger partial charge is 0.493 e. The van der Waals surface area contributed by atoms with Gasteiger partial charge in [0.15, 0.2) is 11.5 Å². The van der Waals surface area contributed by atoms with Gasteiger partial charge in [0.05, 0.1) is 20.3 Å². The monoisotopic (exact) mass is 363 g/mol. The minimum atomic E-state index is -0.552. The van der Waals surface area contributed by atoms with Crippen molar-refractivity contribution in [2.45, 2.75) is 32.9 Å². The number of hydrogen-bond donors (Lipinski definition) is 1. The third kappa shape index (κ3) is 4.59. The molecule has 0 aliphatic carbocycles. The Balaban J connectivity index is 2.18. The van der Waals surface area contributed by atoms with Crippen molar-refractivity contribution in [1.29, 1.82) is 0 Å². The molecule has 2 rings (SSSR count). The van der Waals surface area contributed by atoms with Gasteiger partial charge in [0.25, 0.3) is 0 Å². The Morgan fingerprint density at radius 3 is 2.65 bits per heavy atom. The number of fused-ring (bicyclic) bond motifs is 1. The van der Waals surface area contributed by atoms with E-state index in [0.29, 0.717) is 37.6 Å². The molecule has 144 valence electrons. The summed E-state index contributed by atoms with van der Waals surface area (Å²) in [6.45, 7) is 5.31. The molecule has 0 aromatic heterocycles. The first-order valence-corrected chi connectivity index (χ1v) is 8.90. The third-order valence-electron chi connectivity index (χ3n) is 4.40. The minimum absolute atomic E-state index is 0.000630. The van der Waals surface area contributed by atoms with Crippen molar-refractivity contribution >= 4 is 11.9 Å². The summed E-state index contributed by atoms with van der Waals surface area (Å²) in [5.74, 6) is 1.23. The maximum absolute atomic E-state index is 12.8. The highest BCUT2D eigenvalue weighted by atomic mass is 16.5. The molecule has 1 aromatic rings. The van der Waals surface area contributed by atoms with Crippen LogP contribution in [0, 0.1) is 5.92 Å². The summed E-state index contributed by atoms with van der Waals surface area (Å²) < 4.78 is 11.2. The molecule has 0 saturated heterocycles. The van der Waals surface area contributed by atoms with Gasteiger partial charge in [0.2, 0.25) is 5.91 Å². The molecule has 0 fully saturated rings. The Hall–Kier alpha value is -2.44. The molecule has 1 N–H and O–H groups in total. The molecule has 7 heteroatoms. The van der Waals surface area contributed by atoms with Crippen LogP contribution < -0.4 is 14.8 Å². The maximum atomic E-state index is 12.8. The zero-order valence-corrected chi connectivity index (χ0v) is 16.2. The molecule has 7 nitrogen and oxygen atoms in total. The second-order valence-corrected chi connectivity index (χ2v) is 6.98. The number of rotatable bonds is 4. The number of para-hydroxylation sites is 1. The van der Waals surface area contributed by atoms with Crippen LogP contribution in [0.3, 0.4) is 0 Å². The summed E-state index contributed by atoms with van der Waals surface area (Å²) >= 11 is 0. The number of nitrogens with zero attached hydrogens (tertiary/aromatic N) is 2. The third-order valence-corrected chi connectivity index (χ3v) is 4.40. The van der Waals surface area contributed by atoms with Crippen LogP contribution in [-0.4, -0.2) is 62.1 Å². The average molecular weight is 363 g/mol. The highest BCUT2D eigenvalue weighted by molar-refractivity contribution is 5.87. The fourth-order valence-electron chi connectivity index (χ4n) is 2.91. The number of benzene rings is 1. The van der Waals surface area contributed by atoms with Crippen molar-refractivity contribution in [3.63, 3.8) is 0 Å². The summed E-state index contributed by atoms with van der Waals surface area (Å²) in [6, 6.07) is 4.85. The van der Waals surface area contributed by atoms with Crippen molar-refractivity contribution in [1.82, 2.24) is 15.1 Å². The van der Waals surface area contributed by atoms with E-state index in [1.165, 1.54) is 4.90 Å². The first-order valence-electron chi connectivity index (χ1n) is 8.90. The van der Waals surface area contributed by atoms with Crippen LogP contribution in [0.4, 0.5) is 4.79 Å². The Labute approximate surface area is 155 Å². The van der Waals surface area contributed by atoms with Gasteiger partial charge in [-0.15, -0.1) is 0 Å². The first-order chi connectivity index (χ1) is 12.3. The normalized spacial score (nSPS) is 15.2. The fraction of sp³-hybridized carbons (Fsp3) is 0.579. The lowest BCUT2D eigenvalue weighted by molar-refractivity contribution is -0.131. The minimum Gasteiger partial charge on any atom is -0.493 e. The van der Waals surface area contributed by atoms with Crippen molar-refractivity contribution in [3.05, 3.63) is 23.8 Å². The van der Waals surface area contributed by atoms with Gasteiger partial charge < -0.3 is 24.6 Å². The number of likely N-dealkylation sites (N-methyl/N-ethyl adjacent to an activating group) is 1. The Morgan fingerprint density at radius 1 is 1.31 bits per heavy atom. The van der Waals surface area contributed by atoms with Crippen LogP contribution in [-0.2, 0) is 11.3 Å². The number of ether oxygens (including phenoxy) is 2. The summed E-state index contributed by atoms with van der Waals surface area (Å²) in [5, 5.41) is 2.90. The Morgan fingerprint density at radius 2 is 2.04 bits per heavy atom. The number of amides is 3. The predicted octanol–water partition coefficient (Wildman–Crippen LogP) is 2.10. The molecule has 0 radical (unpaired) electrons. The van der Waals surface area contributed by atoms with Crippen LogP contribution in [0.25, 0.3) is 0 Å². The lowest BCUT2D eigenvalue weighted by Crippen LogP contribution is -2.53. The standard InChI is InChI=1S/C19H29N3O4/c1-13(2)16(18(23)21(3)4)20-19(24)22-10-7-11-26-17-14(12-22)8-6-9-15(17)25-5/h6,8-9,13,16H,7,10-12H2,1-5H3,(H,20,24)/t16-/m0/s1. The lowest BCUT2D eigenvalue weighted by atomic mass is 10.0. The summed E-state index contributed by atoms with van der Waals surface area (Å²) in [6.07, 6.45) is 0.707. The molecule has 0 spiro atoms. The van der Waals surface area contributed by atoms with Gasteiger partial charge in [-0.05, 0) is 18.4 Å². The summed E-state index contributed by atoms with van der Waals surface area (Å²) in [7, 11) is 4.99. The predicted molar refractivity (Wildman–Crippen MR) is 99.4 cm³/mol. The smallest absolute Gasteiger partial charge is 0.318 e. The fourth-order valence-corrected chi connectivity index (χ4v) is 2.91. The van der Waals surface area contributed by atoms with Crippen molar-refractivity contribution < 1.29 is 19.1 Å². The topological polar surface area (TPSA) is 71.1 Å². The number of carbonyl (C=O) groups excluding carboxylic acids is 2. The number of carbonyl (C=O) groups is 2. The van der Waals surface area contributed by atoms with E-state index in [9.17, 15) is 9.59 Å². The van der Waals surface area contributed by atoms with Gasteiger partial charge in [-0.25, -0.2) is 4.79 Å². The van der Waals surface area contributed by atoms with Crippen LogP contribution in [0.5, 0.6) is 11.5 Å². The molecule has 1 aromatic carbocycles. The molecule has 3 amide bonds. The highest BCUT2D eigenvalue weighted by Gasteiger charge is 2.28. The van der Waals surface area contributed by atoms with Gasteiger partial charge >= 0.3 is 6.03 Å². The molecule has 1 heterocycles. The van der Waals surface area contributed by atoms with E-state index in [0.717, 1.165) is 5.56 Å². The number of methoxy groups -OCH3 is 1. The van der Waals surface area contributed by atoms with E-state index in [4.69, 9.17) is 9.47 Å². The van der Waals surface area contributed by atoms with Gasteiger partial charge in [0.1, 0.15) is 6.04 Å². The molecule has 1 aliphatic rings. The molecular weight excluding hydrogens is 334 g/mol. The van der Waals surface area contributed by atoms with E-state index >= 15 is 0 Å². The van der Waals surface area contributed by atoms with Crippen LogP contribution >= 0.6 is 0 Å². The molecular formula is C19H29N3O4. The maximum Gasteiger partial charge on any atom is 0.318 e. The molecule has 1 atom stereocenters. The van der Waals surface area contributed by atoms with Gasteiger partial charge in [0, 0.05) is 26.2 Å². The zero-order chi connectivity index (χ0) is 19.3. The Kier molecular flexibility index (Phi) is 6.71. The highest BCUT2D eigenvalue weighted by Crippen LogP contribution is 2.33. The van der Waals surface area contributed by atoms with Crippen LogP contribution in [0.2, 0.25) is 0 Å². The molecule has 0 unspecified atom stereocenters. The van der Waals surface area contributed by atoms with Gasteiger partial charge in [-0.2, -0.15) is 0 Å². The van der Waals surface area contributed by atoms with E-state index < -0.39 is 6.04 Å². The quantitative estimate of drug-likeness (QED) is 0.889. The molecule has 26 heavy (non-hydrogen) atoms. The first kappa shape index (κ1) is 19.9. The van der Waals surface area contributed by atoms with E-state index in [1.807, 2.05) is 32.0 Å². The van der Waals surface area contributed by atoms with Crippen LogP contribution in [0.15, 0.2) is 18.2 Å². The van der Waals surface area contributed by atoms with Crippen molar-refractivity contribution in [2.75, 3.05) is 34.4 Å². The molecule has 1 aliphatic heterocycles. The average Bonchev–Trinajstić information content (AvgIpc) is 2.58. The molecule has 0 saturated carbocycles. The van der Waals surface area contributed by atoms with Gasteiger partial charge in [-0.3, -0.25) is 4.79 Å². The van der Waals surface area contributed by atoms with Gasteiger partial charge in [-0.1, -0.05) is 26.0 Å². The van der Waals surface area contributed by atoms with Crippen molar-refractivity contribution in [3.8, 4) is 11.5 Å². The SMILES string of the molecule is COc1cccc2c1OCCCN(C(=O)N[C@H](C(=O)N(C)C)C(C)C)C2. The second kappa shape index (κ2) is 8.78. The van der Waals surface area contributed by atoms with E-state index in [1.54, 1.807) is 26.1 Å². The van der Waals surface area contributed by atoms with Crippen LogP contribution in [0.1, 0.15) is 25.8 Å². The van der Waals surface area contributed by atoms with Crippen molar-refractivity contribution in [2.24, 2.45) is 5.92 Å². The number of nitrogens with one attached hydrogen (secondary N) is 1. The second-order valence-electron chi connectivity index (χ2n) is 6.98.